The van der Waals surface area contributed by atoms with Crippen molar-refractivity contribution >= 4 is 5.69 Å². The Balaban J connectivity index is 2.09. The lowest BCUT2D eigenvalue weighted by Gasteiger charge is -2.36. The fourth-order valence-electron chi connectivity index (χ4n) is 3.04. The molecule has 1 fully saturated rings. The van der Waals surface area contributed by atoms with Crippen LogP contribution in [0, 0.1) is 11.3 Å². The topological polar surface area (TPSA) is 39.5 Å². The van der Waals surface area contributed by atoms with E-state index in [2.05, 4.69) is 4.90 Å². The highest BCUT2D eigenvalue weighted by molar-refractivity contribution is 5.57. The predicted molar refractivity (Wildman–Crippen MR) is 85.9 cm³/mol. The number of likely N-dealkylation sites (N-methyl/N-ethyl adjacent to an activating group) is 1. The van der Waals surface area contributed by atoms with Gasteiger partial charge in [-0.3, -0.25) is 4.90 Å². The Morgan fingerprint density at radius 3 is 2.46 bits per heavy atom. The molecule has 24 heavy (non-hydrogen) atoms. The molecule has 132 valence electrons. The maximum absolute atomic E-state index is 13.3. The van der Waals surface area contributed by atoms with Gasteiger partial charge in [-0.2, -0.15) is 18.4 Å². The van der Waals surface area contributed by atoms with Crippen LogP contribution in [0.15, 0.2) is 18.2 Å². The zero-order chi connectivity index (χ0) is 17.9. The molecule has 1 aromatic rings. The molecule has 0 bridgehead atoms. The standard InChI is InChI=1S/C17H22F3N3O/c1-12-10-23(11-13(2)24-12)7-6-22(3)16-5-4-14(9-21)8-15(16)17(18,19)20/h4-5,8,12-13H,6-7,10-11H2,1-3H3/t12-,13+. The van der Waals surface area contributed by atoms with E-state index >= 15 is 0 Å². The van der Waals surface area contributed by atoms with Crippen molar-refractivity contribution in [3.8, 4) is 6.07 Å². The molecule has 4 nitrogen and oxygen atoms in total. The summed E-state index contributed by atoms with van der Waals surface area (Å²) in [7, 11) is 1.64. The van der Waals surface area contributed by atoms with Crippen LogP contribution >= 0.6 is 0 Å². The first kappa shape index (κ1) is 18.6. The third-order valence-corrected chi connectivity index (χ3v) is 4.09. The monoisotopic (exact) mass is 341 g/mol. The summed E-state index contributed by atoms with van der Waals surface area (Å²) in [5, 5.41) is 8.83. The van der Waals surface area contributed by atoms with E-state index in [0.717, 1.165) is 19.2 Å². The van der Waals surface area contributed by atoms with Crippen LogP contribution in [0.2, 0.25) is 0 Å². The SMILES string of the molecule is C[C@@H]1CN(CCN(C)c2ccc(C#N)cc2C(F)(F)F)C[C@H](C)O1. The maximum Gasteiger partial charge on any atom is 0.418 e. The number of anilines is 1. The van der Waals surface area contributed by atoms with Gasteiger partial charge in [-0.05, 0) is 32.0 Å². The molecule has 0 aromatic heterocycles. The van der Waals surface area contributed by atoms with Crippen molar-refractivity contribution in [2.45, 2.75) is 32.2 Å². The molecule has 1 aromatic carbocycles. The molecular weight excluding hydrogens is 319 g/mol. The molecule has 0 saturated carbocycles. The average Bonchev–Trinajstić information content (AvgIpc) is 2.50. The average molecular weight is 341 g/mol. The number of nitrogens with zero attached hydrogens (tertiary/aromatic N) is 3. The van der Waals surface area contributed by atoms with Gasteiger partial charge in [0.05, 0.1) is 29.4 Å². The van der Waals surface area contributed by atoms with E-state index in [0.29, 0.717) is 13.1 Å². The van der Waals surface area contributed by atoms with Gasteiger partial charge in [0.25, 0.3) is 0 Å². The number of ether oxygens (including phenoxy) is 1. The van der Waals surface area contributed by atoms with Gasteiger partial charge >= 0.3 is 6.18 Å². The van der Waals surface area contributed by atoms with E-state index in [1.54, 1.807) is 18.0 Å². The van der Waals surface area contributed by atoms with E-state index in [1.165, 1.54) is 12.1 Å². The van der Waals surface area contributed by atoms with Crippen LogP contribution in [0.4, 0.5) is 18.9 Å². The number of rotatable bonds is 4. The Morgan fingerprint density at radius 2 is 1.92 bits per heavy atom. The van der Waals surface area contributed by atoms with Crippen molar-refractivity contribution in [1.29, 1.82) is 5.26 Å². The Labute approximate surface area is 140 Å². The molecule has 7 heteroatoms. The first-order valence-electron chi connectivity index (χ1n) is 7.91. The summed E-state index contributed by atoms with van der Waals surface area (Å²) in [5.41, 5.74) is -0.668. The van der Waals surface area contributed by atoms with Crippen LogP contribution in [0.5, 0.6) is 0 Å². The Bertz CT molecular complexity index is 602. The first-order valence-corrected chi connectivity index (χ1v) is 7.91. The van der Waals surface area contributed by atoms with Gasteiger partial charge in [-0.25, -0.2) is 0 Å². The smallest absolute Gasteiger partial charge is 0.373 e. The van der Waals surface area contributed by atoms with E-state index < -0.39 is 11.7 Å². The summed E-state index contributed by atoms with van der Waals surface area (Å²) in [4.78, 5) is 3.79. The molecule has 1 heterocycles. The second kappa shape index (κ2) is 7.41. The van der Waals surface area contributed by atoms with Crippen LogP contribution in [0.1, 0.15) is 25.0 Å². The van der Waals surface area contributed by atoms with Gasteiger partial charge in [-0.1, -0.05) is 0 Å². The molecule has 2 atom stereocenters. The summed E-state index contributed by atoms with van der Waals surface area (Å²) >= 11 is 0. The van der Waals surface area contributed by atoms with Crippen LogP contribution in [0.25, 0.3) is 0 Å². The quantitative estimate of drug-likeness (QED) is 0.844. The molecule has 0 amide bonds. The molecule has 0 radical (unpaired) electrons. The number of nitriles is 1. The van der Waals surface area contributed by atoms with E-state index in [1.807, 2.05) is 13.8 Å². The van der Waals surface area contributed by atoms with Crippen molar-refractivity contribution < 1.29 is 17.9 Å². The van der Waals surface area contributed by atoms with Crippen LogP contribution in [0.3, 0.4) is 0 Å². The van der Waals surface area contributed by atoms with Gasteiger partial charge in [0.2, 0.25) is 0 Å². The number of hydrogen-bond donors (Lipinski definition) is 0. The van der Waals surface area contributed by atoms with Crippen molar-refractivity contribution in [3.63, 3.8) is 0 Å². The maximum atomic E-state index is 13.3. The number of alkyl halides is 3. The third kappa shape index (κ3) is 4.62. The van der Waals surface area contributed by atoms with Gasteiger partial charge in [0.15, 0.2) is 0 Å². The molecule has 2 rings (SSSR count). The minimum atomic E-state index is -4.49. The molecule has 1 aliphatic rings. The highest BCUT2D eigenvalue weighted by Gasteiger charge is 2.35. The third-order valence-electron chi connectivity index (χ3n) is 4.09. The predicted octanol–water partition coefficient (Wildman–Crippen LogP) is 3.12. The number of morpholine rings is 1. The van der Waals surface area contributed by atoms with E-state index in [4.69, 9.17) is 10.00 Å². The lowest BCUT2D eigenvalue weighted by atomic mass is 10.1. The Hall–Kier alpha value is -1.78. The van der Waals surface area contributed by atoms with Crippen molar-refractivity contribution in [2.75, 3.05) is 38.1 Å². The highest BCUT2D eigenvalue weighted by Crippen LogP contribution is 2.36. The normalized spacial score (nSPS) is 22.2. The zero-order valence-electron chi connectivity index (χ0n) is 14.1. The summed E-state index contributed by atoms with van der Waals surface area (Å²) in [6, 6.07) is 5.45. The summed E-state index contributed by atoms with van der Waals surface area (Å²) in [6.07, 6.45) is -4.24. The number of halogens is 3. The largest absolute Gasteiger partial charge is 0.418 e. The fraction of sp³-hybridized carbons (Fsp3) is 0.588. The van der Waals surface area contributed by atoms with E-state index in [9.17, 15) is 13.2 Å². The molecule has 0 N–H and O–H groups in total. The van der Waals surface area contributed by atoms with Crippen LogP contribution in [-0.2, 0) is 10.9 Å². The molecular formula is C17H22F3N3O. The molecule has 0 aliphatic carbocycles. The van der Waals surface area contributed by atoms with Gasteiger partial charge < -0.3 is 9.64 Å². The molecule has 1 aliphatic heterocycles. The summed E-state index contributed by atoms with van der Waals surface area (Å²) < 4.78 is 45.4. The zero-order valence-corrected chi connectivity index (χ0v) is 14.1. The summed E-state index contributed by atoms with van der Waals surface area (Å²) in [5.74, 6) is 0. The minimum Gasteiger partial charge on any atom is -0.373 e. The first-order chi connectivity index (χ1) is 11.2. The van der Waals surface area contributed by atoms with Gasteiger partial charge in [-0.15, -0.1) is 0 Å². The fourth-order valence-corrected chi connectivity index (χ4v) is 3.04. The molecule has 1 saturated heterocycles. The molecule has 0 spiro atoms. The second-order valence-electron chi connectivity index (χ2n) is 6.28. The number of benzene rings is 1. The van der Waals surface area contributed by atoms with Crippen molar-refractivity contribution in [3.05, 3.63) is 29.3 Å². The van der Waals surface area contributed by atoms with E-state index in [-0.39, 0.29) is 23.5 Å². The van der Waals surface area contributed by atoms with Crippen molar-refractivity contribution in [2.24, 2.45) is 0 Å². The van der Waals surface area contributed by atoms with Crippen molar-refractivity contribution in [1.82, 2.24) is 4.90 Å². The van der Waals surface area contributed by atoms with Gasteiger partial charge in [0, 0.05) is 38.9 Å². The van der Waals surface area contributed by atoms with Gasteiger partial charge in [0.1, 0.15) is 0 Å². The highest BCUT2D eigenvalue weighted by atomic mass is 19.4. The summed E-state index contributed by atoms with van der Waals surface area (Å²) in [6.45, 7) is 6.67. The van der Waals surface area contributed by atoms with Crippen LogP contribution < -0.4 is 4.90 Å². The lowest BCUT2D eigenvalue weighted by molar-refractivity contribution is -0.137. The Kier molecular flexibility index (Phi) is 5.73. The van der Waals surface area contributed by atoms with Crippen LogP contribution in [-0.4, -0.2) is 50.3 Å². The lowest BCUT2D eigenvalue weighted by Crippen LogP contribution is -2.47. The second-order valence-corrected chi connectivity index (χ2v) is 6.28. The number of hydrogen-bond acceptors (Lipinski definition) is 4. The molecule has 0 unspecified atom stereocenters. The minimum absolute atomic E-state index is 0.00954. The Morgan fingerprint density at radius 1 is 1.29 bits per heavy atom.